The van der Waals surface area contributed by atoms with Gasteiger partial charge in [-0.2, -0.15) is 4.37 Å². The number of nitrogens with one attached hydrogen (secondary N) is 1. The highest BCUT2D eigenvalue weighted by atomic mass is 32.2. The summed E-state index contributed by atoms with van der Waals surface area (Å²) >= 11 is 3.13. The van der Waals surface area contributed by atoms with Crippen LogP contribution in [0.1, 0.15) is 32.6 Å². The number of carbonyl (C=O) groups excluding carboxylic acids is 1. The van der Waals surface area contributed by atoms with Crippen molar-refractivity contribution in [3.05, 3.63) is 6.33 Å². The molecule has 0 saturated heterocycles. The van der Waals surface area contributed by atoms with Crippen molar-refractivity contribution in [2.24, 2.45) is 0 Å². The molecule has 2 rings (SSSR count). The van der Waals surface area contributed by atoms with Crippen LogP contribution in [0.5, 0.6) is 0 Å². The number of carbonyl (C=O) groups is 1. The summed E-state index contributed by atoms with van der Waals surface area (Å²) in [5.41, 5.74) is -0.524. The summed E-state index contributed by atoms with van der Waals surface area (Å²) < 4.78 is 9.98. The number of esters is 1. The molecule has 1 aromatic heterocycles. The van der Waals surface area contributed by atoms with E-state index in [-0.39, 0.29) is 5.97 Å². The number of thioether (sulfide) groups is 1. The second-order valence-corrected chi connectivity index (χ2v) is 6.97. The largest absolute Gasteiger partial charge is 0.468 e. The van der Waals surface area contributed by atoms with E-state index < -0.39 is 5.54 Å². The summed E-state index contributed by atoms with van der Waals surface area (Å²) in [6.45, 7) is 2.79. The van der Waals surface area contributed by atoms with Crippen molar-refractivity contribution in [2.75, 3.05) is 13.7 Å². The minimum atomic E-state index is -0.524. The molecule has 0 spiro atoms. The SMILES string of the molecule is CCNC1(C(=O)OC)CCCC(Sc2ncns2)C1. The second kappa shape index (κ2) is 6.67. The summed E-state index contributed by atoms with van der Waals surface area (Å²) in [6, 6.07) is 0. The maximum absolute atomic E-state index is 12.1. The molecule has 1 saturated carbocycles. The fourth-order valence-corrected chi connectivity index (χ4v) is 4.67. The zero-order chi connectivity index (χ0) is 13.7. The van der Waals surface area contributed by atoms with E-state index in [0.29, 0.717) is 5.25 Å². The van der Waals surface area contributed by atoms with Gasteiger partial charge in [0.25, 0.3) is 0 Å². The van der Waals surface area contributed by atoms with E-state index in [9.17, 15) is 4.79 Å². The molecule has 0 amide bonds. The molecule has 7 heteroatoms. The molecule has 0 aliphatic heterocycles. The normalized spacial score (nSPS) is 27.2. The lowest BCUT2D eigenvalue weighted by atomic mass is 9.81. The van der Waals surface area contributed by atoms with E-state index in [4.69, 9.17) is 4.74 Å². The van der Waals surface area contributed by atoms with Crippen LogP contribution in [0.2, 0.25) is 0 Å². The van der Waals surface area contributed by atoms with Gasteiger partial charge in [-0.05, 0) is 43.8 Å². The Bertz CT molecular complexity index is 409. The second-order valence-electron chi connectivity index (χ2n) is 4.65. The topological polar surface area (TPSA) is 64.1 Å². The van der Waals surface area contributed by atoms with E-state index in [0.717, 1.165) is 36.6 Å². The number of nitrogens with zero attached hydrogens (tertiary/aromatic N) is 2. The fourth-order valence-electron chi connectivity index (χ4n) is 2.63. The highest BCUT2D eigenvalue weighted by Crippen LogP contribution is 2.39. The third-order valence-electron chi connectivity index (χ3n) is 3.41. The van der Waals surface area contributed by atoms with Crippen molar-refractivity contribution in [1.29, 1.82) is 0 Å². The van der Waals surface area contributed by atoms with Gasteiger partial charge in [0, 0.05) is 5.25 Å². The lowest BCUT2D eigenvalue weighted by molar-refractivity contribution is -0.150. The van der Waals surface area contributed by atoms with E-state index in [1.54, 1.807) is 18.1 Å². The number of likely N-dealkylation sites (N-methyl/N-ethyl adjacent to an activating group) is 1. The summed E-state index contributed by atoms with van der Waals surface area (Å²) in [7, 11) is 1.46. The minimum absolute atomic E-state index is 0.142. The van der Waals surface area contributed by atoms with Gasteiger partial charge in [-0.3, -0.25) is 4.79 Å². The summed E-state index contributed by atoms with van der Waals surface area (Å²) in [5, 5.41) is 3.73. The van der Waals surface area contributed by atoms with Gasteiger partial charge in [-0.25, -0.2) is 4.98 Å². The average molecular weight is 301 g/mol. The number of ether oxygens (including phenoxy) is 1. The molecule has 1 aliphatic carbocycles. The van der Waals surface area contributed by atoms with Crippen LogP contribution in [0.3, 0.4) is 0 Å². The van der Waals surface area contributed by atoms with Crippen LogP contribution >= 0.6 is 23.3 Å². The number of hydrogen-bond donors (Lipinski definition) is 1. The zero-order valence-corrected chi connectivity index (χ0v) is 12.9. The molecule has 0 bridgehead atoms. The van der Waals surface area contributed by atoms with Gasteiger partial charge in [0.15, 0.2) is 4.34 Å². The lowest BCUT2D eigenvalue weighted by Gasteiger charge is -2.38. The van der Waals surface area contributed by atoms with E-state index in [1.165, 1.54) is 18.6 Å². The highest BCUT2D eigenvalue weighted by molar-refractivity contribution is 8.01. The molecule has 2 atom stereocenters. The molecule has 1 fully saturated rings. The molecule has 19 heavy (non-hydrogen) atoms. The first kappa shape index (κ1) is 14.7. The molecule has 1 N–H and O–H groups in total. The van der Waals surface area contributed by atoms with Crippen molar-refractivity contribution in [1.82, 2.24) is 14.7 Å². The molecule has 0 aromatic carbocycles. The van der Waals surface area contributed by atoms with Gasteiger partial charge in [-0.1, -0.05) is 18.7 Å². The number of hydrogen-bond acceptors (Lipinski definition) is 7. The highest BCUT2D eigenvalue weighted by Gasteiger charge is 2.43. The molecule has 2 unspecified atom stereocenters. The molecule has 1 aromatic rings. The Morgan fingerprint density at radius 3 is 3.21 bits per heavy atom. The quantitative estimate of drug-likeness (QED) is 0.840. The molecule has 0 radical (unpaired) electrons. The average Bonchev–Trinajstić information content (AvgIpc) is 2.91. The summed E-state index contributed by atoms with van der Waals surface area (Å²) in [5.74, 6) is -0.142. The van der Waals surface area contributed by atoms with Gasteiger partial charge in [0.1, 0.15) is 11.9 Å². The number of aromatic nitrogens is 2. The maximum Gasteiger partial charge on any atom is 0.326 e. The smallest absolute Gasteiger partial charge is 0.326 e. The third kappa shape index (κ3) is 3.46. The van der Waals surface area contributed by atoms with Crippen LogP contribution in [-0.2, 0) is 9.53 Å². The van der Waals surface area contributed by atoms with Crippen molar-refractivity contribution in [3.63, 3.8) is 0 Å². The van der Waals surface area contributed by atoms with Crippen molar-refractivity contribution >= 4 is 29.3 Å². The minimum Gasteiger partial charge on any atom is -0.468 e. The van der Waals surface area contributed by atoms with E-state index in [2.05, 4.69) is 14.7 Å². The first-order valence-corrected chi connectivity index (χ1v) is 8.12. The van der Waals surface area contributed by atoms with Crippen LogP contribution in [-0.4, -0.2) is 39.8 Å². The van der Waals surface area contributed by atoms with Crippen LogP contribution < -0.4 is 5.32 Å². The van der Waals surface area contributed by atoms with Gasteiger partial charge in [-0.15, -0.1) is 0 Å². The predicted molar refractivity (Wildman–Crippen MR) is 76.4 cm³/mol. The van der Waals surface area contributed by atoms with Crippen LogP contribution in [0, 0.1) is 0 Å². The number of methoxy groups -OCH3 is 1. The zero-order valence-electron chi connectivity index (χ0n) is 11.2. The third-order valence-corrected chi connectivity index (χ3v) is 5.42. The molecule has 106 valence electrons. The van der Waals surface area contributed by atoms with Gasteiger partial charge < -0.3 is 10.1 Å². The molecule has 5 nitrogen and oxygen atoms in total. The molecular formula is C12H19N3O2S2. The summed E-state index contributed by atoms with van der Waals surface area (Å²) in [6.07, 6.45) is 5.35. The Kier molecular flexibility index (Phi) is 5.18. The maximum atomic E-state index is 12.1. The number of rotatable bonds is 5. The van der Waals surface area contributed by atoms with Crippen molar-refractivity contribution in [2.45, 2.75) is 47.7 Å². The molecule has 1 heterocycles. The molecule has 1 aliphatic rings. The predicted octanol–water partition coefficient (Wildman–Crippen LogP) is 2.09. The Labute approximate surface area is 121 Å². The van der Waals surface area contributed by atoms with Crippen LogP contribution in [0.4, 0.5) is 0 Å². The Hall–Kier alpha value is -0.660. The monoisotopic (exact) mass is 301 g/mol. The fraction of sp³-hybridized carbons (Fsp3) is 0.750. The molecular weight excluding hydrogens is 282 g/mol. The van der Waals surface area contributed by atoms with Crippen LogP contribution in [0.25, 0.3) is 0 Å². The van der Waals surface area contributed by atoms with Gasteiger partial charge in [0.2, 0.25) is 0 Å². The van der Waals surface area contributed by atoms with Gasteiger partial charge in [0.05, 0.1) is 7.11 Å². The van der Waals surface area contributed by atoms with Crippen molar-refractivity contribution < 1.29 is 9.53 Å². The van der Waals surface area contributed by atoms with Gasteiger partial charge >= 0.3 is 5.97 Å². The Morgan fingerprint density at radius 2 is 2.58 bits per heavy atom. The first-order chi connectivity index (χ1) is 9.20. The summed E-state index contributed by atoms with van der Waals surface area (Å²) in [4.78, 5) is 16.3. The first-order valence-electron chi connectivity index (χ1n) is 6.47. The van der Waals surface area contributed by atoms with E-state index in [1.807, 2.05) is 6.92 Å². The Balaban J connectivity index is 2.06. The lowest BCUT2D eigenvalue weighted by Crippen LogP contribution is -2.55. The van der Waals surface area contributed by atoms with Crippen LogP contribution in [0.15, 0.2) is 10.7 Å². The standard InChI is InChI=1S/C12H19N3O2S2/c1-3-14-12(10(16)17-2)6-4-5-9(7-12)18-11-13-8-15-19-11/h8-9,14H,3-7H2,1-2H3. The van der Waals surface area contributed by atoms with Crippen molar-refractivity contribution in [3.8, 4) is 0 Å². The Morgan fingerprint density at radius 1 is 1.74 bits per heavy atom. The van der Waals surface area contributed by atoms with E-state index >= 15 is 0 Å².